The summed E-state index contributed by atoms with van der Waals surface area (Å²) in [5, 5.41) is 0. The first-order valence-corrected chi connectivity index (χ1v) is 2.51. The third kappa shape index (κ3) is 1.86. The molecule has 0 amide bonds. The Morgan fingerprint density at radius 1 is 1.09 bits per heavy atom. The number of hydrogen-bond donors (Lipinski definition) is 0. The summed E-state index contributed by atoms with van der Waals surface area (Å²) in [6, 6.07) is 0. The molecule has 0 aromatic heterocycles. The van der Waals surface area contributed by atoms with Gasteiger partial charge in [0.1, 0.15) is 0 Å². The monoisotopic (exact) mass is 168 g/mol. The highest BCUT2D eigenvalue weighted by Gasteiger charge is 2.50. The average molecular weight is 168 g/mol. The Kier molecular flexibility index (Phi) is 2.91. The van der Waals surface area contributed by atoms with Crippen LogP contribution in [0.1, 0.15) is 0 Å². The molecule has 0 heterocycles. The van der Waals surface area contributed by atoms with E-state index in [1.807, 2.05) is 0 Å². The Hall–Kier alpha value is -1.20. The van der Waals surface area contributed by atoms with Crippen molar-refractivity contribution in [3.63, 3.8) is 0 Å². The smallest absolute Gasteiger partial charge is 0.437 e. The zero-order chi connectivity index (χ0) is 9.07. The van der Waals surface area contributed by atoms with Gasteiger partial charge in [0.05, 0.1) is 14.2 Å². The van der Waals surface area contributed by atoms with Crippen molar-refractivity contribution in [2.75, 3.05) is 14.2 Å². The molecule has 0 N–H and O–H groups in total. The van der Waals surface area contributed by atoms with E-state index in [-0.39, 0.29) is 0 Å². The van der Waals surface area contributed by atoms with Gasteiger partial charge in [0, 0.05) is 0 Å². The summed E-state index contributed by atoms with van der Waals surface area (Å²) in [6.07, 6.45) is 0. The van der Waals surface area contributed by atoms with E-state index >= 15 is 0 Å². The molecule has 0 rings (SSSR count). The molecule has 0 aromatic rings. The molecule has 0 aliphatic carbocycles. The van der Waals surface area contributed by atoms with Crippen LogP contribution in [-0.4, -0.2) is 32.1 Å². The van der Waals surface area contributed by atoms with Gasteiger partial charge in [0.15, 0.2) is 0 Å². The number of carbonyl (C=O) groups is 2. The number of ether oxygens (including phenoxy) is 2. The predicted octanol–water partition coefficient (Wildman–Crippen LogP) is -0.0323. The van der Waals surface area contributed by atoms with Gasteiger partial charge in [-0.2, -0.15) is 8.78 Å². The minimum absolute atomic E-state index is 0.749. The second-order valence-corrected chi connectivity index (χ2v) is 1.56. The lowest BCUT2D eigenvalue weighted by Gasteiger charge is -2.09. The van der Waals surface area contributed by atoms with Crippen LogP contribution in [0.5, 0.6) is 0 Å². The topological polar surface area (TPSA) is 52.6 Å². The van der Waals surface area contributed by atoms with E-state index in [1.54, 1.807) is 0 Å². The summed E-state index contributed by atoms with van der Waals surface area (Å²) >= 11 is 0. The zero-order valence-corrected chi connectivity index (χ0v) is 5.89. The van der Waals surface area contributed by atoms with E-state index in [9.17, 15) is 18.4 Å². The Balaban J connectivity index is 4.44. The number of carbonyl (C=O) groups excluding carboxylic acids is 2. The number of alkyl halides is 2. The highest BCUT2D eigenvalue weighted by molar-refractivity contribution is 6.01. The Bertz CT molecular complexity index is 159. The quantitative estimate of drug-likeness (QED) is 0.429. The summed E-state index contributed by atoms with van der Waals surface area (Å²) in [6.45, 7) is 0. The van der Waals surface area contributed by atoms with E-state index in [4.69, 9.17) is 0 Å². The van der Waals surface area contributed by atoms with Gasteiger partial charge in [-0.25, -0.2) is 9.59 Å². The van der Waals surface area contributed by atoms with Crippen LogP contribution < -0.4 is 0 Å². The normalized spacial score (nSPS) is 10.5. The summed E-state index contributed by atoms with van der Waals surface area (Å²) in [5.74, 6) is -8.06. The maximum absolute atomic E-state index is 12.3. The lowest BCUT2D eigenvalue weighted by molar-refractivity contribution is -0.187. The number of rotatable bonds is 2. The summed E-state index contributed by atoms with van der Waals surface area (Å²) in [4.78, 5) is 20.3. The third-order valence-electron chi connectivity index (χ3n) is 0.884. The molecule has 0 aromatic carbocycles. The second-order valence-electron chi connectivity index (χ2n) is 1.56. The number of esters is 2. The molecule has 11 heavy (non-hydrogen) atoms. The van der Waals surface area contributed by atoms with Crippen LogP contribution >= 0.6 is 0 Å². The number of halogens is 2. The van der Waals surface area contributed by atoms with E-state index in [0.29, 0.717) is 0 Å². The highest BCUT2D eigenvalue weighted by atomic mass is 19.3. The van der Waals surface area contributed by atoms with Crippen LogP contribution in [-0.2, 0) is 19.1 Å². The predicted molar refractivity (Wildman–Crippen MR) is 29.0 cm³/mol. The van der Waals surface area contributed by atoms with Crippen molar-refractivity contribution >= 4 is 11.9 Å². The molecule has 0 bridgehead atoms. The highest BCUT2D eigenvalue weighted by Crippen LogP contribution is 2.16. The van der Waals surface area contributed by atoms with Crippen LogP contribution in [0.3, 0.4) is 0 Å². The number of hydrogen-bond acceptors (Lipinski definition) is 4. The molecule has 0 radical (unpaired) electrons. The fraction of sp³-hybridized carbons (Fsp3) is 0.600. The molecule has 0 atom stereocenters. The average Bonchev–Trinajstić information content (AvgIpc) is 2.01. The molecule has 64 valence electrons. The van der Waals surface area contributed by atoms with E-state index in [2.05, 4.69) is 9.47 Å². The molecular formula is C5H6F2O4. The largest absolute Gasteiger partial charge is 0.464 e. The van der Waals surface area contributed by atoms with Crippen molar-refractivity contribution in [1.82, 2.24) is 0 Å². The lowest BCUT2D eigenvalue weighted by atomic mass is 10.3. The Morgan fingerprint density at radius 2 is 1.36 bits per heavy atom. The van der Waals surface area contributed by atoms with Gasteiger partial charge in [0.2, 0.25) is 0 Å². The van der Waals surface area contributed by atoms with Crippen LogP contribution in [0.2, 0.25) is 0 Å². The first-order chi connectivity index (χ1) is 4.96. The molecule has 0 fully saturated rings. The maximum atomic E-state index is 12.3. The molecule has 0 unspecified atom stereocenters. The Labute approximate surface area is 61.1 Å². The van der Waals surface area contributed by atoms with E-state index < -0.39 is 17.9 Å². The summed E-state index contributed by atoms with van der Waals surface area (Å²) in [5.41, 5.74) is 0. The molecular weight excluding hydrogens is 162 g/mol. The summed E-state index contributed by atoms with van der Waals surface area (Å²) in [7, 11) is 1.50. The molecule has 0 saturated carbocycles. The first-order valence-electron chi connectivity index (χ1n) is 2.51. The molecule has 6 heteroatoms. The van der Waals surface area contributed by atoms with Gasteiger partial charge in [-0.3, -0.25) is 0 Å². The zero-order valence-electron chi connectivity index (χ0n) is 5.89. The van der Waals surface area contributed by atoms with Crippen molar-refractivity contribution in [3.8, 4) is 0 Å². The molecule has 0 aliphatic rings. The summed E-state index contributed by atoms with van der Waals surface area (Å²) < 4.78 is 31.8. The fourth-order valence-corrected chi connectivity index (χ4v) is 0.340. The van der Waals surface area contributed by atoms with Gasteiger partial charge in [0.25, 0.3) is 0 Å². The maximum Gasteiger partial charge on any atom is 0.437 e. The minimum Gasteiger partial charge on any atom is -0.464 e. The molecule has 0 spiro atoms. The Morgan fingerprint density at radius 3 is 1.55 bits per heavy atom. The first kappa shape index (κ1) is 9.80. The van der Waals surface area contributed by atoms with Crippen molar-refractivity contribution in [2.24, 2.45) is 0 Å². The van der Waals surface area contributed by atoms with Crippen molar-refractivity contribution in [2.45, 2.75) is 5.92 Å². The van der Waals surface area contributed by atoms with Crippen LogP contribution in [0.25, 0.3) is 0 Å². The van der Waals surface area contributed by atoms with E-state index in [0.717, 1.165) is 14.2 Å². The fourth-order valence-electron chi connectivity index (χ4n) is 0.340. The molecule has 4 nitrogen and oxygen atoms in total. The van der Waals surface area contributed by atoms with Gasteiger partial charge >= 0.3 is 17.9 Å². The van der Waals surface area contributed by atoms with Crippen molar-refractivity contribution in [3.05, 3.63) is 0 Å². The van der Waals surface area contributed by atoms with Gasteiger partial charge in [-0.15, -0.1) is 0 Å². The van der Waals surface area contributed by atoms with Crippen LogP contribution in [0.15, 0.2) is 0 Å². The van der Waals surface area contributed by atoms with Gasteiger partial charge < -0.3 is 9.47 Å². The van der Waals surface area contributed by atoms with Crippen LogP contribution in [0.4, 0.5) is 8.78 Å². The lowest BCUT2D eigenvalue weighted by Crippen LogP contribution is -2.39. The van der Waals surface area contributed by atoms with Gasteiger partial charge in [-0.05, 0) is 0 Å². The minimum atomic E-state index is -4.20. The SMILES string of the molecule is COC(=O)C(F)(F)C(=O)OC. The molecule has 0 aliphatic heterocycles. The standard InChI is InChI=1S/C5H6F2O4/c1-10-3(8)5(6,7)4(9)11-2/h1-2H3. The number of methoxy groups -OCH3 is 2. The van der Waals surface area contributed by atoms with Crippen molar-refractivity contribution in [1.29, 1.82) is 0 Å². The molecule has 0 saturated heterocycles. The van der Waals surface area contributed by atoms with Crippen molar-refractivity contribution < 1.29 is 27.8 Å². The van der Waals surface area contributed by atoms with Crippen LogP contribution in [0, 0.1) is 0 Å². The third-order valence-corrected chi connectivity index (χ3v) is 0.884. The van der Waals surface area contributed by atoms with Gasteiger partial charge in [-0.1, -0.05) is 0 Å². The second kappa shape index (κ2) is 3.27. The van der Waals surface area contributed by atoms with E-state index in [1.165, 1.54) is 0 Å².